The van der Waals surface area contributed by atoms with Crippen LogP contribution >= 0.6 is 15.9 Å². The molecule has 0 aliphatic carbocycles. The summed E-state index contributed by atoms with van der Waals surface area (Å²) >= 11 is 3.36. The van der Waals surface area contributed by atoms with Gasteiger partial charge in [0.15, 0.2) is 0 Å². The van der Waals surface area contributed by atoms with Crippen LogP contribution in [0, 0.1) is 6.92 Å². The maximum Gasteiger partial charge on any atom is 0.254 e. The summed E-state index contributed by atoms with van der Waals surface area (Å²) in [7, 11) is 0. The second-order valence-electron chi connectivity index (χ2n) is 4.54. The van der Waals surface area contributed by atoms with Crippen LogP contribution in [0.3, 0.4) is 0 Å². The van der Waals surface area contributed by atoms with Crippen LogP contribution in [-0.2, 0) is 0 Å². The number of nitrogen functional groups attached to an aromatic ring is 1. The fraction of sp³-hybridized carbons (Fsp3) is 0.500. The predicted molar refractivity (Wildman–Crippen MR) is 81.2 cm³/mol. The summed E-state index contributed by atoms with van der Waals surface area (Å²) in [4.78, 5) is 14.2. The second-order valence-corrected chi connectivity index (χ2v) is 5.45. The quantitative estimate of drug-likeness (QED) is 0.789. The van der Waals surface area contributed by atoms with E-state index in [0.717, 1.165) is 22.9 Å². The van der Waals surface area contributed by atoms with Crippen molar-refractivity contribution in [3.05, 3.63) is 27.7 Å². The zero-order chi connectivity index (χ0) is 14.4. The number of aliphatic hydroxyl groups is 1. The molecule has 106 valence electrons. The highest BCUT2D eigenvalue weighted by molar-refractivity contribution is 9.10. The second kappa shape index (κ2) is 7.50. The molecule has 1 amide bonds. The van der Waals surface area contributed by atoms with E-state index in [0.29, 0.717) is 24.3 Å². The Morgan fingerprint density at radius 3 is 2.68 bits per heavy atom. The number of nitrogens with zero attached hydrogens (tertiary/aromatic N) is 1. The normalized spacial score (nSPS) is 10.5. The number of unbranched alkanes of at least 4 members (excludes halogenated alkanes) is 1. The van der Waals surface area contributed by atoms with Gasteiger partial charge >= 0.3 is 0 Å². The molecule has 1 aromatic carbocycles. The van der Waals surface area contributed by atoms with Crippen molar-refractivity contribution in [1.82, 2.24) is 4.90 Å². The summed E-state index contributed by atoms with van der Waals surface area (Å²) in [5.41, 5.74) is 7.86. The lowest BCUT2D eigenvalue weighted by Gasteiger charge is -2.23. The van der Waals surface area contributed by atoms with Crippen molar-refractivity contribution >= 4 is 27.5 Å². The van der Waals surface area contributed by atoms with Gasteiger partial charge in [-0.1, -0.05) is 29.3 Å². The van der Waals surface area contributed by atoms with Crippen molar-refractivity contribution in [1.29, 1.82) is 0 Å². The lowest BCUT2D eigenvalue weighted by molar-refractivity contribution is 0.0718. The smallest absolute Gasteiger partial charge is 0.254 e. The standard InChI is InChI=1S/C14H21BrN2O2/c1-3-4-5-17(6-7-18)14(19)12-8-11(15)9-13(16)10(12)2/h8-9,18H,3-7,16H2,1-2H3. The lowest BCUT2D eigenvalue weighted by Crippen LogP contribution is -2.35. The van der Waals surface area contributed by atoms with Crippen molar-refractivity contribution in [3.8, 4) is 0 Å². The van der Waals surface area contributed by atoms with Gasteiger partial charge in [-0.25, -0.2) is 0 Å². The van der Waals surface area contributed by atoms with Crippen LogP contribution in [0.25, 0.3) is 0 Å². The first-order valence-corrected chi connectivity index (χ1v) is 7.26. The number of hydrogen-bond acceptors (Lipinski definition) is 3. The minimum atomic E-state index is -0.0759. The van der Waals surface area contributed by atoms with Gasteiger partial charge in [-0.2, -0.15) is 0 Å². The molecular weight excluding hydrogens is 308 g/mol. The van der Waals surface area contributed by atoms with Crippen molar-refractivity contribution in [2.75, 3.05) is 25.4 Å². The van der Waals surface area contributed by atoms with Gasteiger partial charge in [0.05, 0.1) is 6.61 Å². The van der Waals surface area contributed by atoms with Crippen LogP contribution in [0.15, 0.2) is 16.6 Å². The van der Waals surface area contributed by atoms with Gasteiger partial charge in [0.2, 0.25) is 0 Å². The Labute approximate surface area is 122 Å². The molecule has 3 N–H and O–H groups in total. The van der Waals surface area contributed by atoms with Crippen LogP contribution in [0.1, 0.15) is 35.7 Å². The molecule has 0 bridgehead atoms. The van der Waals surface area contributed by atoms with Crippen LogP contribution in [0.4, 0.5) is 5.69 Å². The Kier molecular flexibility index (Phi) is 6.31. The monoisotopic (exact) mass is 328 g/mol. The van der Waals surface area contributed by atoms with Crippen LogP contribution in [0.5, 0.6) is 0 Å². The predicted octanol–water partition coefficient (Wildman–Crippen LogP) is 2.57. The topological polar surface area (TPSA) is 66.6 Å². The highest BCUT2D eigenvalue weighted by Gasteiger charge is 2.18. The third-order valence-corrected chi connectivity index (χ3v) is 3.54. The first kappa shape index (κ1) is 16.0. The average Bonchev–Trinajstić information content (AvgIpc) is 2.38. The highest BCUT2D eigenvalue weighted by atomic mass is 79.9. The van der Waals surface area contributed by atoms with Crippen LogP contribution in [-0.4, -0.2) is 35.6 Å². The SMILES string of the molecule is CCCCN(CCO)C(=O)c1cc(Br)cc(N)c1C. The molecular formula is C14H21BrN2O2. The molecule has 0 saturated heterocycles. The van der Waals surface area contributed by atoms with Gasteiger partial charge in [0, 0.05) is 28.8 Å². The molecule has 0 spiro atoms. The minimum absolute atomic E-state index is 0.0298. The van der Waals surface area contributed by atoms with E-state index in [9.17, 15) is 4.79 Å². The van der Waals surface area contributed by atoms with Gasteiger partial charge in [-0.3, -0.25) is 4.79 Å². The van der Waals surface area contributed by atoms with Crippen LogP contribution < -0.4 is 5.73 Å². The van der Waals surface area contributed by atoms with E-state index in [4.69, 9.17) is 10.8 Å². The Hall–Kier alpha value is -1.07. The summed E-state index contributed by atoms with van der Waals surface area (Å²) in [6, 6.07) is 3.57. The third-order valence-electron chi connectivity index (χ3n) is 3.08. The van der Waals surface area contributed by atoms with E-state index in [1.807, 2.05) is 6.92 Å². The number of aliphatic hydroxyl groups excluding tert-OH is 1. The molecule has 1 aromatic rings. The van der Waals surface area contributed by atoms with Gasteiger partial charge in [-0.05, 0) is 31.0 Å². The van der Waals surface area contributed by atoms with Crippen LogP contribution in [0.2, 0.25) is 0 Å². The first-order valence-electron chi connectivity index (χ1n) is 6.47. The lowest BCUT2D eigenvalue weighted by atomic mass is 10.1. The van der Waals surface area contributed by atoms with Crippen molar-refractivity contribution in [3.63, 3.8) is 0 Å². The number of nitrogens with two attached hydrogens (primary N) is 1. The van der Waals surface area contributed by atoms with E-state index in [1.165, 1.54) is 0 Å². The van der Waals surface area contributed by atoms with Crippen molar-refractivity contribution in [2.45, 2.75) is 26.7 Å². The molecule has 0 unspecified atom stereocenters. The van der Waals surface area contributed by atoms with Gasteiger partial charge in [-0.15, -0.1) is 0 Å². The fourth-order valence-corrected chi connectivity index (χ4v) is 2.35. The maximum absolute atomic E-state index is 12.5. The number of amides is 1. The Morgan fingerprint density at radius 2 is 2.11 bits per heavy atom. The van der Waals surface area contributed by atoms with E-state index < -0.39 is 0 Å². The molecule has 1 rings (SSSR count). The Morgan fingerprint density at radius 1 is 1.42 bits per heavy atom. The number of hydrogen-bond donors (Lipinski definition) is 2. The first-order chi connectivity index (χ1) is 9.01. The summed E-state index contributed by atoms with van der Waals surface area (Å²) in [6.45, 7) is 4.89. The molecule has 19 heavy (non-hydrogen) atoms. The molecule has 4 nitrogen and oxygen atoms in total. The summed E-state index contributed by atoms with van der Waals surface area (Å²) in [6.07, 6.45) is 1.93. The van der Waals surface area contributed by atoms with E-state index in [-0.39, 0.29) is 12.5 Å². The zero-order valence-electron chi connectivity index (χ0n) is 11.4. The Bertz CT molecular complexity index is 449. The summed E-state index contributed by atoms with van der Waals surface area (Å²) in [5.74, 6) is -0.0759. The van der Waals surface area contributed by atoms with Gasteiger partial charge in [0.25, 0.3) is 5.91 Å². The Balaban J connectivity index is 3.01. The number of carbonyl (C=O) groups is 1. The largest absolute Gasteiger partial charge is 0.398 e. The summed E-state index contributed by atoms with van der Waals surface area (Å²) in [5, 5.41) is 9.08. The van der Waals surface area contributed by atoms with E-state index in [1.54, 1.807) is 17.0 Å². The number of rotatable bonds is 6. The number of benzene rings is 1. The molecule has 0 saturated carbocycles. The van der Waals surface area contributed by atoms with Crippen molar-refractivity contribution in [2.24, 2.45) is 0 Å². The number of halogens is 1. The number of anilines is 1. The molecule has 0 atom stereocenters. The molecule has 0 aliphatic rings. The molecule has 0 heterocycles. The van der Waals surface area contributed by atoms with E-state index in [2.05, 4.69) is 22.9 Å². The third kappa shape index (κ3) is 4.21. The zero-order valence-corrected chi connectivity index (χ0v) is 13.0. The fourth-order valence-electron chi connectivity index (χ4n) is 1.88. The van der Waals surface area contributed by atoms with Gasteiger partial charge in [0.1, 0.15) is 0 Å². The maximum atomic E-state index is 12.5. The molecule has 0 fully saturated rings. The molecule has 5 heteroatoms. The van der Waals surface area contributed by atoms with Gasteiger partial charge < -0.3 is 15.7 Å². The molecule has 0 radical (unpaired) electrons. The molecule has 0 aliphatic heterocycles. The van der Waals surface area contributed by atoms with Crippen molar-refractivity contribution < 1.29 is 9.90 Å². The molecule has 0 aromatic heterocycles. The average molecular weight is 329 g/mol. The highest BCUT2D eigenvalue weighted by Crippen LogP contribution is 2.24. The van der Waals surface area contributed by atoms with E-state index >= 15 is 0 Å². The minimum Gasteiger partial charge on any atom is -0.398 e. The number of carbonyl (C=O) groups excluding carboxylic acids is 1. The summed E-state index contributed by atoms with van der Waals surface area (Å²) < 4.78 is 0.790.